The monoisotopic (exact) mass is 443 g/mol. The van der Waals surface area contributed by atoms with Crippen molar-refractivity contribution in [3.05, 3.63) is 51.0 Å². The Labute approximate surface area is 151 Å². The van der Waals surface area contributed by atoms with E-state index in [-0.39, 0.29) is 0 Å². The zero-order valence-electron chi connectivity index (χ0n) is 11.9. The fourth-order valence-corrected chi connectivity index (χ4v) is 2.83. The largest absolute Gasteiger partial charge is 0.496 e. The van der Waals surface area contributed by atoms with Crippen LogP contribution < -0.4 is 15.4 Å². The van der Waals surface area contributed by atoms with Crippen molar-refractivity contribution in [2.75, 3.05) is 19.0 Å². The highest BCUT2D eigenvalue weighted by Crippen LogP contribution is 2.25. The third kappa shape index (κ3) is 5.23. The second kappa shape index (κ2) is 8.45. The molecule has 1 heterocycles. The van der Waals surface area contributed by atoms with Crippen LogP contribution in [0, 0.1) is 0 Å². The normalized spacial score (nSPS) is 10.1. The van der Waals surface area contributed by atoms with E-state index in [1.807, 2.05) is 30.3 Å². The van der Waals surface area contributed by atoms with Gasteiger partial charge in [0.25, 0.3) is 0 Å². The minimum Gasteiger partial charge on any atom is -0.496 e. The van der Waals surface area contributed by atoms with Crippen molar-refractivity contribution >= 4 is 55.0 Å². The second-order valence-corrected chi connectivity index (χ2v) is 6.64. The number of benzene rings is 1. The molecule has 2 aromatic rings. The number of ether oxygens (including phenoxy) is 1. The van der Waals surface area contributed by atoms with Gasteiger partial charge in [0.1, 0.15) is 11.6 Å². The van der Waals surface area contributed by atoms with Crippen LogP contribution in [-0.2, 0) is 6.42 Å². The van der Waals surface area contributed by atoms with E-state index in [4.69, 9.17) is 17.0 Å². The average Bonchev–Trinajstić information content (AvgIpc) is 2.50. The first-order valence-corrected chi connectivity index (χ1v) is 8.57. The third-order valence-electron chi connectivity index (χ3n) is 2.88. The molecule has 0 aliphatic heterocycles. The molecule has 2 N–H and O–H groups in total. The molecule has 0 aliphatic carbocycles. The van der Waals surface area contributed by atoms with E-state index in [1.165, 1.54) is 5.56 Å². The average molecular weight is 445 g/mol. The van der Waals surface area contributed by atoms with Crippen molar-refractivity contribution in [1.29, 1.82) is 0 Å². The highest BCUT2D eigenvalue weighted by Gasteiger charge is 2.02. The number of rotatable bonds is 5. The lowest BCUT2D eigenvalue weighted by Gasteiger charge is -2.10. The molecule has 0 spiro atoms. The van der Waals surface area contributed by atoms with Crippen molar-refractivity contribution in [2.24, 2.45) is 0 Å². The zero-order valence-corrected chi connectivity index (χ0v) is 15.9. The molecule has 0 saturated carbocycles. The summed E-state index contributed by atoms with van der Waals surface area (Å²) >= 11 is 12.1. The number of anilines is 1. The van der Waals surface area contributed by atoms with Gasteiger partial charge in [-0.25, -0.2) is 4.98 Å². The van der Waals surface area contributed by atoms with Crippen molar-refractivity contribution in [3.8, 4) is 5.75 Å². The molecule has 4 nitrogen and oxygen atoms in total. The lowest BCUT2D eigenvalue weighted by Crippen LogP contribution is -2.30. The Kier molecular flexibility index (Phi) is 6.60. The molecule has 1 aromatic heterocycles. The molecule has 0 unspecified atom stereocenters. The third-order valence-corrected chi connectivity index (χ3v) is 4.22. The van der Waals surface area contributed by atoms with E-state index in [2.05, 4.69) is 47.5 Å². The van der Waals surface area contributed by atoms with E-state index in [1.54, 1.807) is 13.3 Å². The number of nitrogens with one attached hydrogen (secondary N) is 2. The summed E-state index contributed by atoms with van der Waals surface area (Å²) in [4.78, 5) is 4.21. The van der Waals surface area contributed by atoms with Crippen LogP contribution in [-0.4, -0.2) is 23.8 Å². The minimum absolute atomic E-state index is 0.558. The van der Waals surface area contributed by atoms with Crippen molar-refractivity contribution in [1.82, 2.24) is 10.3 Å². The van der Waals surface area contributed by atoms with Gasteiger partial charge in [0.05, 0.1) is 11.6 Å². The van der Waals surface area contributed by atoms with Gasteiger partial charge in [-0.05, 0) is 80.3 Å². The summed E-state index contributed by atoms with van der Waals surface area (Å²) < 4.78 is 7.10. The summed E-state index contributed by atoms with van der Waals surface area (Å²) in [6.45, 7) is 0.737. The highest BCUT2D eigenvalue weighted by molar-refractivity contribution is 9.10. The van der Waals surface area contributed by atoms with Crippen LogP contribution in [0.15, 0.2) is 45.5 Å². The molecule has 0 saturated heterocycles. The summed E-state index contributed by atoms with van der Waals surface area (Å²) in [6.07, 6.45) is 2.58. The molecule has 2 rings (SSSR count). The smallest absolute Gasteiger partial charge is 0.171 e. The maximum absolute atomic E-state index is 5.25. The molecule has 7 heteroatoms. The van der Waals surface area contributed by atoms with Crippen LogP contribution in [0.4, 0.5) is 5.82 Å². The van der Waals surface area contributed by atoms with Crippen LogP contribution in [0.25, 0.3) is 0 Å². The topological polar surface area (TPSA) is 46.2 Å². The van der Waals surface area contributed by atoms with Crippen LogP contribution in [0.5, 0.6) is 5.75 Å². The fraction of sp³-hybridized carbons (Fsp3) is 0.200. The van der Waals surface area contributed by atoms with E-state index >= 15 is 0 Å². The Hall–Kier alpha value is -1.18. The molecular formula is C15H15Br2N3OS. The standard InChI is InChI=1S/C15H15Br2N3OS/c1-21-13-4-2-10(8-12(13)17)6-7-18-15(22)20-14-5-3-11(16)9-19-14/h2-5,8-9H,6-7H2,1H3,(H2,18,19,20,22). The molecule has 116 valence electrons. The first-order valence-electron chi connectivity index (χ1n) is 6.57. The zero-order chi connectivity index (χ0) is 15.9. The van der Waals surface area contributed by atoms with E-state index < -0.39 is 0 Å². The number of aromatic nitrogens is 1. The summed E-state index contributed by atoms with van der Waals surface area (Å²) in [6, 6.07) is 9.80. The van der Waals surface area contributed by atoms with Gasteiger partial charge in [-0.15, -0.1) is 0 Å². The Morgan fingerprint density at radius 2 is 2.09 bits per heavy atom. The molecule has 0 fully saturated rings. The second-order valence-electron chi connectivity index (χ2n) is 4.46. The number of hydrogen-bond donors (Lipinski definition) is 2. The molecule has 0 bridgehead atoms. The fourth-order valence-electron chi connectivity index (χ4n) is 1.80. The molecule has 0 aliphatic rings. The van der Waals surface area contributed by atoms with Gasteiger partial charge in [0, 0.05) is 17.2 Å². The van der Waals surface area contributed by atoms with Gasteiger partial charge in [-0.1, -0.05) is 6.07 Å². The van der Waals surface area contributed by atoms with Gasteiger partial charge in [-0.2, -0.15) is 0 Å². The lowest BCUT2D eigenvalue weighted by atomic mass is 10.1. The van der Waals surface area contributed by atoms with Gasteiger partial charge >= 0.3 is 0 Å². The van der Waals surface area contributed by atoms with Gasteiger partial charge in [0.15, 0.2) is 5.11 Å². The Morgan fingerprint density at radius 1 is 1.27 bits per heavy atom. The first kappa shape index (κ1) is 17.2. The molecule has 0 radical (unpaired) electrons. The summed E-state index contributed by atoms with van der Waals surface area (Å²) in [5.41, 5.74) is 1.20. The first-order chi connectivity index (χ1) is 10.6. The predicted octanol–water partition coefficient (Wildman–Crippen LogP) is 4.14. The molecule has 22 heavy (non-hydrogen) atoms. The van der Waals surface area contributed by atoms with Crippen molar-refractivity contribution < 1.29 is 4.74 Å². The van der Waals surface area contributed by atoms with Gasteiger partial charge in [0.2, 0.25) is 0 Å². The molecular weight excluding hydrogens is 430 g/mol. The molecule has 0 atom stereocenters. The van der Waals surface area contributed by atoms with E-state index in [0.29, 0.717) is 10.9 Å². The Morgan fingerprint density at radius 3 is 2.73 bits per heavy atom. The van der Waals surface area contributed by atoms with Crippen molar-refractivity contribution in [3.63, 3.8) is 0 Å². The van der Waals surface area contributed by atoms with Crippen LogP contribution in [0.1, 0.15) is 5.56 Å². The lowest BCUT2D eigenvalue weighted by molar-refractivity contribution is 0.412. The molecule has 1 aromatic carbocycles. The van der Waals surface area contributed by atoms with Crippen LogP contribution >= 0.6 is 44.1 Å². The van der Waals surface area contributed by atoms with E-state index in [9.17, 15) is 0 Å². The Balaban J connectivity index is 1.79. The number of halogens is 2. The number of nitrogens with zero attached hydrogens (tertiary/aromatic N) is 1. The predicted molar refractivity (Wildman–Crippen MR) is 101 cm³/mol. The summed E-state index contributed by atoms with van der Waals surface area (Å²) in [7, 11) is 1.65. The number of methoxy groups -OCH3 is 1. The minimum atomic E-state index is 0.558. The summed E-state index contributed by atoms with van der Waals surface area (Å²) in [5.74, 6) is 1.54. The van der Waals surface area contributed by atoms with Crippen LogP contribution in [0.2, 0.25) is 0 Å². The van der Waals surface area contributed by atoms with Crippen LogP contribution in [0.3, 0.4) is 0 Å². The maximum atomic E-state index is 5.25. The Bertz CT molecular complexity index is 650. The molecule has 0 amide bonds. The maximum Gasteiger partial charge on any atom is 0.171 e. The van der Waals surface area contributed by atoms with Gasteiger partial charge < -0.3 is 15.4 Å². The van der Waals surface area contributed by atoms with Gasteiger partial charge in [-0.3, -0.25) is 0 Å². The van der Waals surface area contributed by atoms with Crippen molar-refractivity contribution in [2.45, 2.75) is 6.42 Å². The summed E-state index contributed by atoms with van der Waals surface area (Å²) in [5, 5.41) is 6.77. The SMILES string of the molecule is COc1ccc(CCNC(=S)Nc2ccc(Br)cn2)cc1Br. The number of thiocarbonyl (C=S) groups is 1. The number of hydrogen-bond acceptors (Lipinski definition) is 3. The quantitative estimate of drug-likeness (QED) is 0.678. The highest BCUT2D eigenvalue weighted by atomic mass is 79.9. The van der Waals surface area contributed by atoms with E-state index in [0.717, 1.165) is 27.7 Å². The number of pyridine rings is 1.